The van der Waals surface area contributed by atoms with Crippen molar-refractivity contribution in [3.8, 4) is 0 Å². The van der Waals surface area contributed by atoms with Crippen LogP contribution < -0.4 is 5.32 Å². The van der Waals surface area contributed by atoms with Gasteiger partial charge >= 0.3 is 5.97 Å². The molecule has 3 heteroatoms. The van der Waals surface area contributed by atoms with Gasteiger partial charge in [0.15, 0.2) is 0 Å². The van der Waals surface area contributed by atoms with E-state index >= 15 is 0 Å². The summed E-state index contributed by atoms with van der Waals surface area (Å²) in [5.41, 5.74) is 0.873. The summed E-state index contributed by atoms with van der Waals surface area (Å²) in [5.74, 6) is -0.819. The molecule has 0 heterocycles. The summed E-state index contributed by atoms with van der Waals surface area (Å²) in [6.07, 6.45) is 0.554. The largest absolute Gasteiger partial charge is 0.480 e. The molecule has 3 nitrogen and oxygen atoms in total. The first-order valence-electron chi connectivity index (χ1n) is 5.69. The SMILES string of the molecule is CCC(Nc1cccc2ccccc12)C(=O)O. The fourth-order valence-electron chi connectivity index (χ4n) is 1.88. The number of carbonyl (C=O) groups is 1. The van der Waals surface area contributed by atoms with E-state index in [1.807, 2.05) is 49.4 Å². The number of nitrogens with one attached hydrogen (secondary N) is 1. The first kappa shape index (κ1) is 11.5. The van der Waals surface area contributed by atoms with E-state index in [1.54, 1.807) is 0 Å². The van der Waals surface area contributed by atoms with Crippen molar-refractivity contribution >= 4 is 22.4 Å². The monoisotopic (exact) mass is 229 g/mol. The molecular weight excluding hydrogens is 214 g/mol. The van der Waals surface area contributed by atoms with Gasteiger partial charge in [0.25, 0.3) is 0 Å². The molecule has 1 unspecified atom stereocenters. The van der Waals surface area contributed by atoms with Gasteiger partial charge in [-0.25, -0.2) is 4.79 Å². The fourth-order valence-corrected chi connectivity index (χ4v) is 1.88. The molecule has 2 aromatic carbocycles. The number of anilines is 1. The van der Waals surface area contributed by atoms with Gasteiger partial charge in [-0.05, 0) is 17.9 Å². The molecule has 0 aliphatic rings. The first-order chi connectivity index (χ1) is 8.22. The van der Waals surface area contributed by atoms with Crippen LogP contribution in [0.5, 0.6) is 0 Å². The van der Waals surface area contributed by atoms with Crippen molar-refractivity contribution in [1.29, 1.82) is 0 Å². The summed E-state index contributed by atoms with van der Waals surface area (Å²) in [4.78, 5) is 11.0. The summed E-state index contributed by atoms with van der Waals surface area (Å²) >= 11 is 0. The predicted octanol–water partition coefficient (Wildman–Crippen LogP) is 3.11. The predicted molar refractivity (Wildman–Crippen MR) is 69.3 cm³/mol. The minimum Gasteiger partial charge on any atom is -0.480 e. The topological polar surface area (TPSA) is 49.3 Å². The van der Waals surface area contributed by atoms with Gasteiger partial charge in [-0.1, -0.05) is 43.3 Å². The highest BCUT2D eigenvalue weighted by molar-refractivity contribution is 5.95. The number of hydrogen-bond donors (Lipinski definition) is 2. The average Bonchev–Trinajstić information content (AvgIpc) is 2.35. The van der Waals surface area contributed by atoms with Crippen molar-refractivity contribution in [2.45, 2.75) is 19.4 Å². The summed E-state index contributed by atoms with van der Waals surface area (Å²) in [6, 6.07) is 13.3. The second-order valence-electron chi connectivity index (χ2n) is 3.97. The number of carboxylic acid groups (broad SMARTS) is 1. The van der Waals surface area contributed by atoms with E-state index in [9.17, 15) is 4.79 Å². The molecule has 0 amide bonds. The number of benzene rings is 2. The third-order valence-electron chi connectivity index (χ3n) is 2.83. The highest BCUT2D eigenvalue weighted by Crippen LogP contribution is 2.23. The minimum atomic E-state index is -0.819. The molecule has 88 valence electrons. The second kappa shape index (κ2) is 4.87. The molecule has 17 heavy (non-hydrogen) atoms. The lowest BCUT2D eigenvalue weighted by molar-refractivity contribution is -0.137. The Morgan fingerprint density at radius 1 is 1.24 bits per heavy atom. The molecule has 1 atom stereocenters. The van der Waals surface area contributed by atoms with Crippen molar-refractivity contribution in [3.63, 3.8) is 0 Å². The van der Waals surface area contributed by atoms with Gasteiger partial charge in [-0.15, -0.1) is 0 Å². The fraction of sp³-hybridized carbons (Fsp3) is 0.214. The summed E-state index contributed by atoms with van der Waals surface area (Å²) in [5, 5.41) is 14.3. The molecular formula is C14H15NO2. The van der Waals surface area contributed by atoms with Gasteiger partial charge in [-0.3, -0.25) is 0 Å². The van der Waals surface area contributed by atoms with Crippen LogP contribution >= 0.6 is 0 Å². The number of aliphatic carboxylic acids is 1. The highest BCUT2D eigenvalue weighted by atomic mass is 16.4. The van der Waals surface area contributed by atoms with Crippen molar-refractivity contribution in [1.82, 2.24) is 0 Å². The van der Waals surface area contributed by atoms with Gasteiger partial charge in [0.1, 0.15) is 6.04 Å². The Bertz CT molecular complexity index is 531. The lowest BCUT2D eigenvalue weighted by Crippen LogP contribution is -2.28. The van der Waals surface area contributed by atoms with E-state index in [2.05, 4.69) is 5.32 Å². The molecule has 2 rings (SSSR count). The third-order valence-corrected chi connectivity index (χ3v) is 2.83. The van der Waals surface area contributed by atoms with Crippen molar-refractivity contribution in [2.75, 3.05) is 5.32 Å². The van der Waals surface area contributed by atoms with Gasteiger partial charge in [0, 0.05) is 11.1 Å². The van der Waals surface area contributed by atoms with Gasteiger partial charge in [0.05, 0.1) is 0 Å². The maximum absolute atomic E-state index is 11.0. The Morgan fingerprint density at radius 2 is 1.94 bits per heavy atom. The van der Waals surface area contributed by atoms with Crippen LogP contribution in [0.1, 0.15) is 13.3 Å². The quantitative estimate of drug-likeness (QED) is 0.846. The molecule has 0 bridgehead atoms. The van der Waals surface area contributed by atoms with E-state index in [0.29, 0.717) is 6.42 Å². The molecule has 0 saturated carbocycles. The number of fused-ring (bicyclic) bond motifs is 1. The zero-order valence-electron chi connectivity index (χ0n) is 9.68. The van der Waals surface area contributed by atoms with Gasteiger partial charge in [-0.2, -0.15) is 0 Å². The molecule has 2 aromatic rings. The lowest BCUT2D eigenvalue weighted by Gasteiger charge is -2.15. The average molecular weight is 229 g/mol. The highest BCUT2D eigenvalue weighted by Gasteiger charge is 2.15. The van der Waals surface area contributed by atoms with Crippen LogP contribution in [0.4, 0.5) is 5.69 Å². The van der Waals surface area contributed by atoms with Crippen molar-refractivity contribution in [2.24, 2.45) is 0 Å². The number of hydrogen-bond acceptors (Lipinski definition) is 2. The molecule has 0 aliphatic heterocycles. The summed E-state index contributed by atoms with van der Waals surface area (Å²) in [7, 11) is 0. The third kappa shape index (κ3) is 2.38. The van der Waals surface area contributed by atoms with Gasteiger partial charge < -0.3 is 10.4 Å². The first-order valence-corrected chi connectivity index (χ1v) is 5.69. The number of carboxylic acids is 1. The molecule has 0 aromatic heterocycles. The van der Waals surface area contributed by atoms with Crippen LogP contribution in [0.2, 0.25) is 0 Å². The summed E-state index contributed by atoms with van der Waals surface area (Å²) < 4.78 is 0. The Kier molecular flexibility index (Phi) is 3.28. The molecule has 0 spiro atoms. The number of rotatable bonds is 4. The molecule has 2 N–H and O–H groups in total. The summed E-state index contributed by atoms with van der Waals surface area (Å²) in [6.45, 7) is 1.86. The van der Waals surface area contributed by atoms with E-state index in [-0.39, 0.29) is 0 Å². The molecule has 0 fully saturated rings. The lowest BCUT2D eigenvalue weighted by atomic mass is 10.1. The second-order valence-corrected chi connectivity index (χ2v) is 3.97. The van der Waals surface area contributed by atoms with Crippen molar-refractivity contribution in [3.05, 3.63) is 42.5 Å². The zero-order chi connectivity index (χ0) is 12.3. The van der Waals surface area contributed by atoms with Crippen LogP contribution in [0.15, 0.2) is 42.5 Å². The van der Waals surface area contributed by atoms with E-state index in [4.69, 9.17) is 5.11 Å². The Morgan fingerprint density at radius 3 is 2.65 bits per heavy atom. The van der Waals surface area contributed by atoms with E-state index in [1.165, 1.54) is 0 Å². The Balaban J connectivity index is 2.38. The molecule has 0 radical (unpaired) electrons. The molecule has 0 aliphatic carbocycles. The van der Waals surface area contributed by atoms with E-state index in [0.717, 1.165) is 16.5 Å². The van der Waals surface area contributed by atoms with Crippen LogP contribution in [-0.4, -0.2) is 17.1 Å². The smallest absolute Gasteiger partial charge is 0.326 e. The maximum atomic E-state index is 11.0. The van der Waals surface area contributed by atoms with Gasteiger partial charge in [0.2, 0.25) is 0 Å². The van der Waals surface area contributed by atoms with Crippen molar-refractivity contribution < 1.29 is 9.90 Å². The molecule has 0 saturated heterocycles. The van der Waals surface area contributed by atoms with Crippen LogP contribution in [0.25, 0.3) is 10.8 Å². The minimum absolute atomic E-state index is 0.541. The van der Waals surface area contributed by atoms with E-state index < -0.39 is 12.0 Å². The van der Waals surface area contributed by atoms with Crippen LogP contribution in [0.3, 0.4) is 0 Å². The Labute approximate surface area is 100 Å². The standard InChI is InChI=1S/C14H15NO2/c1-2-12(14(16)17)15-13-9-5-7-10-6-3-4-8-11(10)13/h3-9,12,15H,2H2,1H3,(H,16,17). The normalized spacial score (nSPS) is 12.3. The van der Waals surface area contributed by atoms with Crippen LogP contribution in [0, 0.1) is 0 Å². The maximum Gasteiger partial charge on any atom is 0.326 e. The zero-order valence-corrected chi connectivity index (χ0v) is 9.68. The Hall–Kier alpha value is -2.03. The van der Waals surface area contributed by atoms with Crippen LogP contribution in [-0.2, 0) is 4.79 Å².